The molecule has 4 aliphatic rings. The van der Waals surface area contributed by atoms with E-state index in [9.17, 15) is 19.2 Å². The fraction of sp³-hybridized carbons (Fsp3) is 0.833. The Bertz CT molecular complexity index is 756. The number of Topliss-reactive ketones (excluding diaryl/α,β-unsaturated/α-hetero) is 3. The summed E-state index contributed by atoms with van der Waals surface area (Å²) in [7, 11) is 0. The minimum Gasteiger partial charge on any atom is -0.481 e. The van der Waals surface area contributed by atoms with Crippen LogP contribution in [0, 0.1) is 46.3 Å². The number of hydrogen-bond donors (Lipinski definition) is 1. The first kappa shape index (κ1) is 20.7. The van der Waals surface area contributed by atoms with Gasteiger partial charge in [-0.3, -0.25) is 19.2 Å². The van der Waals surface area contributed by atoms with Crippen LogP contribution in [0.1, 0.15) is 78.6 Å². The molecule has 0 aromatic carbocycles. The summed E-state index contributed by atoms with van der Waals surface area (Å²) in [6.45, 7) is 6.37. The van der Waals surface area contributed by atoms with Crippen molar-refractivity contribution in [3.63, 3.8) is 0 Å². The summed E-state index contributed by atoms with van der Waals surface area (Å²) >= 11 is 0. The molecule has 4 rings (SSSR count). The van der Waals surface area contributed by atoms with Gasteiger partial charge in [0, 0.05) is 43.4 Å². The largest absolute Gasteiger partial charge is 0.481 e. The van der Waals surface area contributed by atoms with Gasteiger partial charge < -0.3 is 5.11 Å². The molecular formula is C24H34O5. The fourth-order valence-corrected chi connectivity index (χ4v) is 7.94. The molecule has 0 aromatic rings. The van der Waals surface area contributed by atoms with E-state index < -0.39 is 11.4 Å². The fourth-order valence-electron chi connectivity index (χ4n) is 7.94. The summed E-state index contributed by atoms with van der Waals surface area (Å²) in [6, 6.07) is 0. The van der Waals surface area contributed by atoms with Gasteiger partial charge in [-0.2, -0.15) is 0 Å². The van der Waals surface area contributed by atoms with E-state index in [1.165, 1.54) is 0 Å². The van der Waals surface area contributed by atoms with Gasteiger partial charge in [-0.25, -0.2) is 0 Å². The summed E-state index contributed by atoms with van der Waals surface area (Å²) in [6.07, 6.45) is 5.33. The summed E-state index contributed by atoms with van der Waals surface area (Å²) < 4.78 is 0. The van der Waals surface area contributed by atoms with Crippen LogP contribution in [0.5, 0.6) is 0 Å². The van der Waals surface area contributed by atoms with Gasteiger partial charge in [-0.15, -0.1) is 0 Å². The normalized spacial score (nSPS) is 45.3. The number of hydrogen-bond acceptors (Lipinski definition) is 4. The van der Waals surface area contributed by atoms with E-state index >= 15 is 0 Å². The summed E-state index contributed by atoms with van der Waals surface area (Å²) in [4.78, 5) is 50.0. The number of carbonyl (C=O) groups excluding carboxylic acids is 3. The Kier molecular flexibility index (Phi) is 5.02. The summed E-state index contributed by atoms with van der Waals surface area (Å²) in [5.74, 6) is 0.524. The van der Waals surface area contributed by atoms with Crippen molar-refractivity contribution < 1.29 is 24.3 Å². The lowest BCUT2D eigenvalue weighted by atomic mass is 9.44. The standard InChI is InChI=1S/C24H34O5/c1-13(4-7-21(28)29)16-5-6-17-22-18(12-20(27)24(16,17)3)23(2)9-8-15(25)10-14(23)11-19(22)26/h13-14,16-18,22H,4-12H2,1-3H3,(H,28,29)/t13-,14-,16-,17+,18-,22-,23+,24-/m1/s1. The predicted octanol–water partition coefficient (Wildman–Crippen LogP) is 4.07. The Balaban J connectivity index is 1.63. The minimum atomic E-state index is -0.792. The Morgan fingerprint density at radius 3 is 2.52 bits per heavy atom. The third-order valence-corrected chi connectivity index (χ3v) is 9.72. The van der Waals surface area contributed by atoms with E-state index in [-0.39, 0.29) is 64.7 Å². The molecule has 8 atom stereocenters. The number of carbonyl (C=O) groups is 4. The average Bonchev–Trinajstić information content (AvgIpc) is 3.01. The molecule has 0 amide bonds. The van der Waals surface area contributed by atoms with Crippen LogP contribution in [0.25, 0.3) is 0 Å². The lowest BCUT2D eigenvalue weighted by molar-refractivity contribution is -0.166. The highest BCUT2D eigenvalue weighted by Crippen LogP contribution is 2.66. The first-order valence-electron chi connectivity index (χ1n) is 11.4. The SMILES string of the molecule is C[C@H](CCC(=O)O)[C@H]1CC[C@H]2[C@H]3C(=O)C[C@H]4CC(=O)CC[C@]4(C)[C@@H]3CC(=O)[C@]12C. The quantitative estimate of drug-likeness (QED) is 0.766. The smallest absolute Gasteiger partial charge is 0.303 e. The zero-order chi connectivity index (χ0) is 21.1. The van der Waals surface area contributed by atoms with Gasteiger partial charge >= 0.3 is 5.97 Å². The van der Waals surface area contributed by atoms with Gasteiger partial charge in [-0.05, 0) is 60.7 Å². The molecule has 1 N–H and O–H groups in total. The van der Waals surface area contributed by atoms with E-state index in [1.807, 2.05) is 0 Å². The van der Waals surface area contributed by atoms with Crippen molar-refractivity contribution in [2.24, 2.45) is 46.3 Å². The van der Waals surface area contributed by atoms with E-state index in [2.05, 4.69) is 20.8 Å². The topological polar surface area (TPSA) is 88.5 Å². The molecule has 5 heteroatoms. The summed E-state index contributed by atoms with van der Waals surface area (Å²) in [5, 5.41) is 9.06. The number of aliphatic carboxylic acids is 1. The Morgan fingerprint density at radius 2 is 1.83 bits per heavy atom. The second-order valence-corrected chi connectivity index (χ2v) is 10.9. The zero-order valence-electron chi connectivity index (χ0n) is 17.9. The van der Waals surface area contributed by atoms with Gasteiger partial charge in [0.1, 0.15) is 17.3 Å². The van der Waals surface area contributed by atoms with Gasteiger partial charge in [0.2, 0.25) is 0 Å². The number of carboxylic acids is 1. The van der Waals surface area contributed by atoms with Crippen molar-refractivity contribution in [2.45, 2.75) is 78.6 Å². The Hall–Kier alpha value is -1.52. The molecule has 4 aliphatic carbocycles. The van der Waals surface area contributed by atoms with Crippen LogP contribution >= 0.6 is 0 Å². The highest BCUT2D eigenvalue weighted by Gasteiger charge is 2.66. The van der Waals surface area contributed by atoms with E-state index in [1.54, 1.807) is 0 Å². The molecule has 29 heavy (non-hydrogen) atoms. The molecule has 0 heterocycles. The van der Waals surface area contributed by atoms with Crippen molar-refractivity contribution in [3.8, 4) is 0 Å². The van der Waals surface area contributed by atoms with Gasteiger partial charge in [0.15, 0.2) is 0 Å². The third kappa shape index (κ3) is 3.02. The number of ketones is 3. The van der Waals surface area contributed by atoms with E-state index in [0.717, 1.165) is 19.3 Å². The first-order valence-corrected chi connectivity index (χ1v) is 11.4. The Labute approximate surface area is 173 Å². The molecule has 0 bridgehead atoms. The highest BCUT2D eigenvalue weighted by atomic mass is 16.4. The zero-order valence-corrected chi connectivity index (χ0v) is 17.9. The van der Waals surface area contributed by atoms with Crippen LogP contribution in [-0.4, -0.2) is 28.4 Å². The van der Waals surface area contributed by atoms with E-state index in [0.29, 0.717) is 32.1 Å². The maximum Gasteiger partial charge on any atom is 0.303 e. The van der Waals surface area contributed by atoms with Gasteiger partial charge in [0.05, 0.1) is 0 Å². The molecule has 0 spiro atoms. The molecule has 4 fully saturated rings. The predicted molar refractivity (Wildman–Crippen MR) is 107 cm³/mol. The monoisotopic (exact) mass is 402 g/mol. The number of rotatable bonds is 4. The maximum atomic E-state index is 13.6. The van der Waals surface area contributed by atoms with Crippen LogP contribution in [0.2, 0.25) is 0 Å². The second kappa shape index (κ2) is 7.02. The second-order valence-electron chi connectivity index (χ2n) is 10.9. The minimum absolute atomic E-state index is 0.0659. The van der Waals surface area contributed by atoms with Crippen LogP contribution in [0.4, 0.5) is 0 Å². The number of carboxylic acid groups (broad SMARTS) is 1. The average molecular weight is 403 g/mol. The van der Waals surface area contributed by atoms with Crippen LogP contribution in [0.3, 0.4) is 0 Å². The van der Waals surface area contributed by atoms with E-state index in [4.69, 9.17) is 5.11 Å². The molecule has 0 aromatic heterocycles. The third-order valence-electron chi connectivity index (χ3n) is 9.72. The van der Waals surface area contributed by atoms with Crippen LogP contribution in [0.15, 0.2) is 0 Å². The molecule has 0 saturated heterocycles. The maximum absolute atomic E-state index is 13.6. The molecular weight excluding hydrogens is 368 g/mol. The van der Waals surface area contributed by atoms with Crippen molar-refractivity contribution in [3.05, 3.63) is 0 Å². The summed E-state index contributed by atoms with van der Waals surface area (Å²) in [5.41, 5.74) is -0.598. The first-order chi connectivity index (χ1) is 13.6. The molecule has 160 valence electrons. The van der Waals surface area contributed by atoms with Crippen molar-refractivity contribution >= 4 is 23.3 Å². The van der Waals surface area contributed by atoms with Crippen molar-refractivity contribution in [2.75, 3.05) is 0 Å². The highest BCUT2D eigenvalue weighted by molar-refractivity contribution is 5.93. The molecule has 4 saturated carbocycles. The molecule has 0 unspecified atom stereocenters. The lowest BCUT2D eigenvalue weighted by Gasteiger charge is -2.58. The van der Waals surface area contributed by atoms with Gasteiger partial charge in [0.25, 0.3) is 0 Å². The Morgan fingerprint density at radius 1 is 1.10 bits per heavy atom. The van der Waals surface area contributed by atoms with Gasteiger partial charge in [-0.1, -0.05) is 20.8 Å². The molecule has 0 aliphatic heterocycles. The van der Waals surface area contributed by atoms with Crippen LogP contribution in [-0.2, 0) is 19.2 Å². The molecule has 5 nitrogen and oxygen atoms in total. The molecule has 0 radical (unpaired) electrons. The van der Waals surface area contributed by atoms with Crippen LogP contribution < -0.4 is 0 Å². The lowest BCUT2D eigenvalue weighted by Crippen LogP contribution is -2.60. The number of fused-ring (bicyclic) bond motifs is 5. The van der Waals surface area contributed by atoms with Crippen molar-refractivity contribution in [1.29, 1.82) is 0 Å². The van der Waals surface area contributed by atoms with Crippen molar-refractivity contribution in [1.82, 2.24) is 0 Å².